The summed E-state index contributed by atoms with van der Waals surface area (Å²) in [6.45, 7) is 2.60. The molecule has 2 aromatic heterocycles. The third-order valence-corrected chi connectivity index (χ3v) is 5.37. The topological polar surface area (TPSA) is 95.5 Å². The number of aromatic nitrogens is 3. The average Bonchev–Trinajstić information content (AvgIpc) is 3.16. The van der Waals surface area contributed by atoms with Crippen molar-refractivity contribution in [1.29, 1.82) is 0 Å². The zero-order chi connectivity index (χ0) is 19.5. The van der Waals surface area contributed by atoms with Crippen molar-refractivity contribution < 1.29 is 9.53 Å². The van der Waals surface area contributed by atoms with E-state index in [0.29, 0.717) is 32.1 Å². The monoisotopic (exact) mass is 383 g/mol. The van der Waals surface area contributed by atoms with Gasteiger partial charge in [0.1, 0.15) is 5.82 Å². The highest BCUT2D eigenvalue weighted by Crippen LogP contribution is 2.22. The SMILES string of the molecule is CNc1nccc(N2C[C@H](OC)[C@H](NC(=O)N3CCc4cnccc4C3)C2)n1. The summed E-state index contributed by atoms with van der Waals surface area (Å²) in [7, 11) is 3.47. The Labute approximate surface area is 164 Å². The van der Waals surface area contributed by atoms with Gasteiger partial charge in [-0.1, -0.05) is 0 Å². The zero-order valence-electron chi connectivity index (χ0n) is 16.1. The van der Waals surface area contributed by atoms with Crippen LogP contribution < -0.4 is 15.5 Å². The third kappa shape index (κ3) is 3.70. The summed E-state index contributed by atoms with van der Waals surface area (Å²) in [5.41, 5.74) is 2.38. The van der Waals surface area contributed by atoms with E-state index in [4.69, 9.17) is 4.74 Å². The highest BCUT2D eigenvalue weighted by atomic mass is 16.5. The molecule has 0 saturated carbocycles. The van der Waals surface area contributed by atoms with Crippen molar-refractivity contribution in [2.75, 3.05) is 44.0 Å². The van der Waals surface area contributed by atoms with Crippen molar-refractivity contribution in [3.8, 4) is 0 Å². The minimum Gasteiger partial charge on any atom is -0.377 e. The molecule has 4 rings (SSSR count). The molecule has 2 aliphatic rings. The van der Waals surface area contributed by atoms with Crippen LogP contribution in [0.3, 0.4) is 0 Å². The van der Waals surface area contributed by atoms with Crippen molar-refractivity contribution in [1.82, 2.24) is 25.2 Å². The molecule has 0 bridgehead atoms. The quantitative estimate of drug-likeness (QED) is 0.809. The number of nitrogens with one attached hydrogen (secondary N) is 2. The minimum atomic E-state index is -0.107. The van der Waals surface area contributed by atoms with E-state index < -0.39 is 0 Å². The van der Waals surface area contributed by atoms with Gasteiger partial charge in [-0.25, -0.2) is 9.78 Å². The number of hydrogen-bond donors (Lipinski definition) is 2. The number of rotatable bonds is 4. The third-order valence-electron chi connectivity index (χ3n) is 5.37. The summed E-state index contributed by atoms with van der Waals surface area (Å²) in [6, 6.07) is 3.69. The molecule has 148 valence electrons. The number of carbonyl (C=O) groups is 1. The molecule has 1 saturated heterocycles. The second-order valence-corrected chi connectivity index (χ2v) is 7.04. The van der Waals surface area contributed by atoms with Crippen LogP contribution in [0.4, 0.5) is 16.6 Å². The Morgan fingerprint density at radius 3 is 2.96 bits per heavy atom. The van der Waals surface area contributed by atoms with Crippen LogP contribution in [0.2, 0.25) is 0 Å². The lowest BCUT2D eigenvalue weighted by molar-refractivity contribution is 0.0956. The van der Waals surface area contributed by atoms with E-state index in [-0.39, 0.29) is 18.2 Å². The van der Waals surface area contributed by atoms with Crippen LogP contribution >= 0.6 is 0 Å². The highest BCUT2D eigenvalue weighted by Gasteiger charge is 2.36. The van der Waals surface area contributed by atoms with Gasteiger partial charge in [-0.05, 0) is 29.7 Å². The maximum Gasteiger partial charge on any atom is 0.318 e. The highest BCUT2D eigenvalue weighted by molar-refractivity contribution is 5.75. The van der Waals surface area contributed by atoms with Crippen molar-refractivity contribution in [2.24, 2.45) is 0 Å². The Hall–Kier alpha value is -2.94. The van der Waals surface area contributed by atoms with E-state index in [1.165, 1.54) is 5.56 Å². The first kappa shape index (κ1) is 18.4. The van der Waals surface area contributed by atoms with Gasteiger partial charge in [0.25, 0.3) is 0 Å². The van der Waals surface area contributed by atoms with Crippen LogP contribution in [0, 0.1) is 0 Å². The van der Waals surface area contributed by atoms with Crippen molar-refractivity contribution in [3.63, 3.8) is 0 Å². The fourth-order valence-electron chi connectivity index (χ4n) is 3.78. The number of nitrogens with zero attached hydrogens (tertiary/aromatic N) is 5. The van der Waals surface area contributed by atoms with Gasteiger partial charge >= 0.3 is 6.03 Å². The van der Waals surface area contributed by atoms with Gasteiger partial charge in [0, 0.05) is 58.9 Å². The van der Waals surface area contributed by atoms with E-state index in [0.717, 1.165) is 17.8 Å². The number of ether oxygens (including phenoxy) is 1. The van der Waals surface area contributed by atoms with Gasteiger partial charge < -0.3 is 25.2 Å². The molecular formula is C19H25N7O2. The number of hydrogen-bond acceptors (Lipinski definition) is 7. The number of pyridine rings is 1. The van der Waals surface area contributed by atoms with Crippen molar-refractivity contribution in [2.45, 2.75) is 25.1 Å². The minimum absolute atomic E-state index is 0.0602. The second kappa shape index (κ2) is 7.97. The van der Waals surface area contributed by atoms with E-state index in [1.807, 2.05) is 23.2 Å². The summed E-state index contributed by atoms with van der Waals surface area (Å²) in [5, 5.41) is 6.10. The van der Waals surface area contributed by atoms with Crippen LogP contribution in [0.5, 0.6) is 0 Å². The van der Waals surface area contributed by atoms with Crippen molar-refractivity contribution >= 4 is 17.8 Å². The van der Waals surface area contributed by atoms with Gasteiger partial charge in [0.2, 0.25) is 5.95 Å². The molecule has 0 unspecified atom stereocenters. The molecule has 0 radical (unpaired) electrons. The first-order valence-corrected chi connectivity index (χ1v) is 9.43. The van der Waals surface area contributed by atoms with Crippen LogP contribution in [-0.4, -0.2) is 71.8 Å². The van der Waals surface area contributed by atoms with Crippen LogP contribution in [-0.2, 0) is 17.7 Å². The maximum absolute atomic E-state index is 12.9. The summed E-state index contributed by atoms with van der Waals surface area (Å²) in [6.07, 6.45) is 6.12. The Morgan fingerprint density at radius 2 is 2.14 bits per heavy atom. The van der Waals surface area contributed by atoms with Gasteiger partial charge in [0.15, 0.2) is 0 Å². The lowest BCUT2D eigenvalue weighted by atomic mass is 10.0. The van der Waals surface area contributed by atoms with Crippen LogP contribution in [0.15, 0.2) is 30.7 Å². The molecule has 4 heterocycles. The number of urea groups is 1. The van der Waals surface area contributed by atoms with E-state index in [1.54, 1.807) is 26.6 Å². The predicted octanol–water partition coefficient (Wildman–Crippen LogP) is 0.885. The molecule has 2 aliphatic heterocycles. The average molecular weight is 383 g/mol. The van der Waals surface area contributed by atoms with Crippen LogP contribution in [0.1, 0.15) is 11.1 Å². The molecule has 9 nitrogen and oxygen atoms in total. The normalized spacial score (nSPS) is 21.4. The van der Waals surface area contributed by atoms with Gasteiger partial charge in [0.05, 0.1) is 12.1 Å². The largest absolute Gasteiger partial charge is 0.377 e. The molecule has 0 aromatic carbocycles. The summed E-state index contributed by atoms with van der Waals surface area (Å²) < 4.78 is 5.63. The number of fused-ring (bicyclic) bond motifs is 1. The van der Waals surface area contributed by atoms with Gasteiger partial charge in [-0.3, -0.25) is 4.98 Å². The number of anilines is 2. The first-order chi connectivity index (χ1) is 13.7. The molecule has 2 aromatic rings. The Balaban J connectivity index is 1.41. The number of amides is 2. The Morgan fingerprint density at radius 1 is 1.25 bits per heavy atom. The molecule has 1 fully saturated rings. The molecule has 0 aliphatic carbocycles. The molecule has 0 spiro atoms. The lowest BCUT2D eigenvalue weighted by Gasteiger charge is -2.30. The second-order valence-electron chi connectivity index (χ2n) is 7.04. The van der Waals surface area contributed by atoms with E-state index in [2.05, 4.69) is 30.5 Å². The summed E-state index contributed by atoms with van der Waals surface area (Å²) in [5.74, 6) is 1.39. The zero-order valence-corrected chi connectivity index (χ0v) is 16.1. The lowest BCUT2D eigenvalue weighted by Crippen LogP contribution is -2.50. The summed E-state index contributed by atoms with van der Waals surface area (Å²) >= 11 is 0. The molecule has 28 heavy (non-hydrogen) atoms. The predicted molar refractivity (Wildman–Crippen MR) is 105 cm³/mol. The molecule has 2 atom stereocenters. The van der Waals surface area contributed by atoms with E-state index in [9.17, 15) is 4.79 Å². The fourth-order valence-corrected chi connectivity index (χ4v) is 3.78. The number of methoxy groups -OCH3 is 1. The maximum atomic E-state index is 12.9. The molecule has 2 amide bonds. The first-order valence-electron chi connectivity index (χ1n) is 9.43. The molecule has 9 heteroatoms. The van der Waals surface area contributed by atoms with Crippen molar-refractivity contribution in [3.05, 3.63) is 41.9 Å². The van der Waals surface area contributed by atoms with Gasteiger partial charge in [-0.15, -0.1) is 0 Å². The standard InChI is InChI=1S/C19H25N7O2/c1-20-18-22-7-4-17(24-18)26-11-15(16(12-26)28-2)23-19(27)25-8-5-13-9-21-6-3-14(13)10-25/h3-4,6-7,9,15-16H,5,8,10-12H2,1-2H3,(H,23,27)(H,20,22,24)/t15-,16+/m1/s1. The smallest absolute Gasteiger partial charge is 0.318 e. The Kier molecular flexibility index (Phi) is 5.25. The number of carbonyl (C=O) groups excluding carboxylic acids is 1. The van der Waals surface area contributed by atoms with Gasteiger partial charge in [-0.2, -0.15) is 4.98 Å². The Bertz CT molecular complexity index is 847. The van der Waals surface area contributed by atoms with Crippen LogP contribution in [0.25, 0.3) is 0 Å². The fraction of sp³-hybridized carbons (Fsp3) is 0.474. The molecule has 2 N–H and O–H groups in total. The summed E-state index contributed by atoms with van der Waals surface area (Å²) in [4.78, 5) is 29.6. The molecular weight excluding hydrogens is 358 g/mol. The van der Waals surface area contributed by atoms with E-state index >= 15 is 0 Å².